The minimum atomic E-state index is -4.86. The summed E-state index contributed by atoms with van der Waals surface area (Å²) in [4.78, 5) is 13.1. The zero-order chi connectivity index (χ0) is 12.5. The molecule has 90 valence electrons. The molecule has 16 heavy (non-hydrogen) atoms. The standard InChI is InChI=1S/C8H5BrF5NO/c9-1-3-5(7(10)11)15-2-4(6(3)16)8(12,13)14/h2,7H,1H2,(H,15,16). The Bertz CT molecular complexity index is 439. The van der Waals surface area contributed by atoms with Crippen LogP contribution >= 0.6 is 15.9 Å². The van der Waals surface area contributed by atoms with Crippen LogP contribution in [0.15, 0.2) is 11.0 Å². The summed E-state index contributed by atoms with van der Waals surface area (Å²) in [7, 11) is 0. The van der Waals surface area contributed by atoms with Gasteiger partial charge in [-0.15, -0.1) is 0 Å². The molecule has 1 heterocycles. The molecule has 1 aromatic heterocycles. The second-order valence-corrected chi connectivity index (χ2v) is 3.42. The molecule has 1 aromatic rings. The number of alkyl halides is 6. The lowest BCUT2D eigenvalue weighted by Gasteiger charge is -2.10. The molecule has 0 atom stereocenters. The molecular formula is C8H5BrF5NO. The van der Waals surface area contributed by atoms with Crippen LogP contribution in [-0.2, 0) is 11.5 Å². The Morgan fingerprint density at radius 2 is 1.94 bits per heavy atom. The van der Waals surface area contributed by atoms with Gasteiger partial charge in [0.25, 0.3) is 6.43 Å². The van der Waals surface area contributed by atoms with E-state index in [1.165, 1.54) is 0 Å². The highest BCUT2D eigenvalue weighted by atomic mass is 79.9. The maximum atomic E-state index is 12.4. The van der Waals surface area contributed by atoms with Gasteiger partial charge in [-0.1, -0.05) is 15.9 Å². The summed E-state index contributed by atoms with van der Waals surface area (Å²) in [6, 6.07) is 0. The van der Waals surface area contributed by atoms with E-state index in [4.69, 9.17) is 0 Å². The van der Waals surface area contributed by atoms with Crippen molar-refractivity contribution in [2.24, 2.45) is 0 Å². The Kier molecular flexibility index (Phi) is 3.72. The number of nitrogens with one attached hydrogen (secondary N) is 1. The van der Waals surface area contributed by atoms with Crippen LogP contribution in [0, 0.1) is 0 Å². The van der Waals surface area contributed by atoms with E-state index < -0.39 is 34.9 Å². The molecule has 0 saturated heterocycles. The number of rotatable bonds is 2. The van der Waals surface area contributed by atoms with Gasteiger partial charge in [0.05, 0.1) is 5.69 Å². The van der Waals surface area contributed by atoms with Crippen LogP contribution in [0.5, 0.6) is 0 Å². The molecule has 0 aromatic carbocycles. The summed E-state index contributed by atoms with van der Waals surface area (Å²) < 4.78 is 61.5. The molecule has 1 N–H and O–H groups in total. The van der Waals surface area contributed by atoms with Crippen molar-refractivity contribution in [1.82, 2.24) is 4.98 Å². The van der Waals surface area contributed by atoms with Gasteiger partial charge in [0.15, 0.2) is 5.43 Å². The summed E-state index contributed by atoms with van der Waals surface area (Å²) >= 11 is 2.71. The Hall–Kier alpha value is -0.920. The SMILES string of the molecule is O=c1c(C(F)(F)F)c[nH]c(C(F)F)c1CBr. The lowest BCUT2D eigenvalue weighted by Crippen LogP contribution is -2.24. The number of hydrogen-bond acceptors (Lipinski definition) is 1. The van der Waals surface area contributed by atoms with E-state index in [0.29, 0.717) is 0 Å². The third kappa shape index (κ3) is 2.42. The van der Waals surface area contributed by atoms with Crippen molar-refractivity contribution in [3.05, 3.63) is 33.2 Å². The monoisotopic (exact) mass is 305 g/mol. The number of aromatic amines is 1. The van der Waals surface area contributed by atoms with Crippen LogP contribution in [0.25, 0.3) is 0 Å². The highest BCUT2D eigenvalue weighted by Crippen LogP contribution is 2.28. The molecule has 0 aliphatic heterocycles. The van der Waals surface area contributed by atoms with Crippen molar-refractivity contribution in [2.75, 3.05) is 0 Å². The summed E-state index contributed by atoms with van der Waals surface area (Å²) in [6.45, 7) is 0. The van der Waals surface area contributed by atoms with Crippen molar-refractivity contribution >= 4 is 15.9 Å². The molecule has 0 aliphatic rings. The minimum Gasteiger partial charge on any atom is -0.359 e. The van der Waals surface area contributed by atoms with Crippen LogP contribution < -0.4 is 5.43 Å². The Labute approximate surface area is 94.6 Å². The summed E-state index contributed by atoms with van der Waals surface area (Å²) in [5.41, 5.74) is -4.32. The maximum absolute atomic E-state index is 12.4. The van der Waals surface area contributed by atoms with E-state index in [2.05, 4.69) is 15.9 Å². The van der Waals surface area contributed by atoms with Gasteiger partial charge in [0.2, 0.25) is 0 Å². The lowest BCUT2D eigenvalue weighted by molar-refractivity contribution is -0.138. The fourth-order valence-electron chi connectivity index (χ4n) is 1.13. The molecule has 0 bridgehead atoms. The number of H-pyrrole nitrogens is 1. The highest BCUT2D eigenvalue weighted by Gasteiger charge is 2.35. The second-order valence-electron chi connectivity index (χ2n) is 2.86. The molecule has 8 heteroatoms. The number of hydrogen-bond donors (Lipinski definition) is 1. The van der Waals surface area contributed by atoms with E-state index in [-0.39, 0.29) is 11.5 Å². The third-order valence-electron chi connectivity index (χ3n) is 1.87. The Morgan fingerprint density at radius 3 is 2.31 bits per heavy atom. The molecular weight excluding hydrogens is 301 g/mol. The summed E-state index contributed by atoms with van der Waals surface area (Å²) in [5, 5.41) is -0.369. The van der Waals surface area contributed by atoms with E-state index in [0.717, 1.165) is 0 Å². The van der Waals surface area contributed by atoms with Gasteiger partial charge in [-0.25, -0.2) is 8.78 Å². The first-order valence-corrected chi connectivity index (χ1v) is 5.07. The topological polar surface area (TPSA) is 32.9 Å². The molecule has 2 nitrogen and oxygen atoms in total. The van der Waals surface area contributed by atoms with Gasteiger partial charge >= 0.3 is 6.18 Å². The van der Waals surface area contributed by atoms with Gasteiger partial charge < -0.3 is 4.98 Å². The van der Waals surface area contributed by atoms with Crippen LogP contribution in [0.4, 0.5) is 22.0 Å². The van der Waals surface area contributed by atoms with Crippen molar-refractivity contribution in [3.63, 3.8) is 0 Å². The van der Waals surface area contributed by atoms with Crippen LogP contribution in [0.2, 0.25) is 0 Å². The largest absolute Gasteiger partial charge is 0.421 e. The Balaban J connectivity index is 3.47. The second kappa shape index (κ2) is 4.52. The van der Waals surface area contributed by atoms with E-state index in [1.54, 1.807) is 4.98 Å². The van der Waals surface area contributed by atoms with Gasteiger partial charge in [0.1, 0.15) is 5.56 Å². The van der Waals surface area contributed by atoms with E-state index in [1.807, 2.05) is 0 Å². The quantitative estimate of drug-likeness (QED) is 0.660. The molecule has 0 unspecified atom stereocenters. The summed E-state index contributed by atoms with van der Waals surface area (Å²) in [6.07, 6.45) is -7.62. The van der Waals surface area contributed by atoms with Crippen LogP contribution in [0.3, 0.4) is 0 Å². The first-order chi connectivity index (χ1) is 7.29. The molecule has 0 amide bonds. The van der Waals surface area contributed by atoms with Gasteiger partial charge in [0, 0.05) is 17.1 Å². The summed E-state index contributed by atoms with van der Waals surface area (Å²) in [5.74, 6) is 0. The van der Waals surface area contributed by atoms with Crippen molar-refractivity contribution in [2.45, 2.75) is 17.9 Å². The third-order valence-corrected chi connectivity index (χ3v) is 2.43. The highest BCUT2D eigenvalue weighted by molar-refractivity contribution is 9.08. The van der Waals surface area contributed by atoms with Crippen LogP contribution in [0.1, 0.15) is 23.2 Å². The molecule has 0 saturated carbocycles. The van der Waals surface area contributed by atoms with Gasteiger partial charge in [-0.3, -0.25) is 4.79 Å². The first kappa shape index (κ1) is 13.1. The molecule has 0 spiro atoms. The Morgan fingerprint density at radius 1 is 1.38 bits per heavy atom. The number of pyridine rings is 1. The van der Waals surface area contributed by atoms with Gasteiger partial charge in [-0.2, -0.15) is 13.2 Å². The van der Waals surface area contributed by atoms with E-state index >= 15 is 0 Å². The zero-order valence-electron chi connectivity index (χ0n) is 7.54. The maximum Gasteiger partial charge on any atom is 0.421 e. The van der Waals surface area contributed by atoms with Crippen LogP contribution in [-0.4, -0.2) is 4.98 Å². The van der Waals surface area contributed by atoms with Crippen molar-refractivity contribution in [1.29, 1.82) is 0 Å². The van der Waals surface area contributed by atoms with E-state index in [9.17, 15) is 26.7 Å². The number of halogens is 6. The van der Waals surface area contributed by atoms with Crippen molar-refractivity contribution < 1.29 is 22.0 Å². The average Bonchev–Trinajstić information content (AvgIpc) is 2.14. The average molecular weight is 306 g/mol. The molecule has 0 aliphatic carbocycles. The predicted octanol–water partition coefficient (Wildman–Crippen LogP) is 3.23. The zero-order valence-corrected chi connectivity index (χ0v) is 9.12. The fraction of sp³-hybridized carbons (Fsp3) is 0.375. The molecule has 0 fully saturated rings. The fourth-order valence-corrected chi connectivity index (χ4v) is 1.68. The van der Waals surface area contributed by atoms with Gasteiger partial charge in [-0.05, 0) is 0 Å². The smallest absolute Gasteiger partial charge is 0.359 e. The predicted molar refractivity (Wildman–Crippen MR) is 49.7 cm³/mol. The normalized spacial score (nSPS) is 12.2. The number of aromatic nitrogens is 1. The lowest BCUT2D eigenvalue weighted by atomic mass is 10.1. The molecule has 0 radical (unpaired) electrons. The molecule has 1 rings (SSSR count). The first-order valence-electron chi connectivity index (χ1n) is 3.94. The van der Waals surface area contributed by atoms with Crippen molar-refractivity contribution in [3.8, 4) is 0 Å². The minimum absolute atomic E-state index is 0.260.